The predicted molar refractivity (Wildman–Crippen MR) is 108 cm³/mol. The quantitative estimate of drug-likeness (QED) is 0.835. The normalized spacial score (nSPS) is 26.3. The molecule has 2 aliphatic heterocycles. The van der Waals surface area contributed by atoms with E-state index in [2.05, 4.69) is 43.9 Å². The zero-order valence-corrected chi connectivity index (χ0v) is 16.6. The molecule has 0 aromatic carbocycles. The number of thiophene rings is 1. The molecule has 2 aromatic heterocycles. The van der Waals surface area contributed by atoms with Crippen molar-refractivity contribution in [1.82, 2.24) is 20.6 Å². The Labute approximate surface area is 164 Å². The average Bonchev–Trinajstić information content (AvgIpc) is 3.12. The first kappa shape index (κ1) is 19.3. The predicted octanol–water partition coefficient (Wildman–Crippen LogP) is 2.44. The average molecular weight is 396 g/mol. The summed E-state index contributed by atoms with van der Waals surface area (Å²) in [5.74, 6) is 1.71. The Hall–Kier alpha value is -1.44. The molecule has 4 heterocycles. The van der Waals surface area contributed by atoms with E-state index in [1.807, 2.05) is 0 Å². The molecule has 2 fully saturated rings. The van der Waals surface area contributed by atoms with Gasteiger partial charge in [-0.15, -0.1) is 23.7 Å². The molecular weight excluding hydrogens is 370 g/mol. The van der Waals surface area contributed by atoms with E-state index in [1.165, 1.54) is 0 Å². The van der Waals surface area contributed by atoms with Gasteiger partial charge in [0.05, 0.1) is 11.3 Å². The standard InChI is InChI=1S/C18H25N5OS.ClH/c1-12-9-19-6-4-15(12)22-17(24)13-3-2-7-23(10-13)16-14-5-8-25-18(14)21-11-20-16;/h5,8,11-13,15,19H,2-4,6-7,9-10H2,1H3,(H,22,24);1H. The summed E-state index contributed by atoms with van der Waals surface area (Å²) in [6.45, 7) is 5.88. The van der Waals surface area contributed by atoms with Crippen LogP contribution in [-0.2, 0) is 4.79 Å². The molecule has 26 heavy (non-hydrogen) atoms. The van der Waals surface area contributed by atoms with Gasteiger partial charge in [-0.2, -0.15) is 0 Å². The van der Waals surface area contributed by atoms with E-state index in [4.69, 9.17) is 0 Å². The highest BCUT2D eigenvalue weighted by Gasteiger charge is 2.30. The Bertz CT molecular complexity index is 754. The highest BCUT2D eigenvalue weighted by atomic mass is 35.5. The second kappa shape index (κ2) is 8.50. The summed E-state index contributed by atoms with van der Waals surface area (Å²) in [4.78, 5) is 24.9. The number of halogens is 1. The first-order valence-electron chi connectivity index (χ1n) is 9.16. The van der Waals surface area contributed by atoms with Crippen LogP contribution in [0.25, 0.3) is 10.2 Å². The third kappa shape index (κ3) is 3.94. The van der Waals surface area contributed by atoms with E-state index in [0.29, 0.717) is 12.0 Å². The number of hydrogen-bond acceptors (Lipinski definition) is 6. The first-order valence-corrected chi connectivity index (χ1v) is 10.0. The zero-order chi connectivity index (χ0) is 17.2. The van der Waals surface area contributed by atoms with E-state index in [0.717, 1.165) is 61.5 Å². The minimum Gasteiger partial charge on any atom is -0.355 e. The van der Waals surface area contributed by atoms with Gasteiger partial charge in [0.15, 0.2) is 0 Å². The van der Waals surface area contributed by atoms with Crippen LogP contribution in [0.3, 0.4) is 0 Å². The topological polar surface area (TPSA) is 70.2 Å². The maximum absolute atomic E-state index is 12.8. The van der Waals surface area contributed by atoms with Crippen LogP contribution < -0.4 is 15.5 Å². The summed E-state index contributed by atoms with van der Waals surface area (Å²) in [7, 11) is 0. The lowest BCUT2D eigenvalue weighted by Crippen LogP contribution is -2.52. The molecular formula is C18H26ClN5OS. The molecule has 8 heteroatoms. The van der Waals surface area contributed by atoms with Crippen LogP contribution in [0.1, 0.15) is 26.2 Å². The van der Waals surface area contributed by atoms with Gasteiger partial charge >= 0.3 is 0 Å². The summed E-state index contributed by atoms with van der Waals surface area (Å²) in [6.07, 6.45) is 4.63. The minimum atomic E-state index is 0. The molecule has 2 N–H and O–H groups in total. The second-order valence-corrected chi connectivity index (χ2v) is 8.10. The molecule has 0 saturated carbocycles. The van der Waals surface area contributed by atoms with E-state index in [-0.39, 0.29) is 24.2 Å². The number of nitrogens with one attached hydrogen (secondary N) is 2. The Balaban J connectivity index is 0.00000196. The number of piperidine rings is 2. The van der Waals surface area contributed by atoms with Gasteiger partial charge in [-0.3, -0.25) is 4.79 Å². The molecule has 3 atom stereocenters. The fourth-order valence-electron chi connectivity index (χ4n) is 3.94. The van der Waals surface area contributed by atoms with Crippen LogP contribution in [0.4, 0.5) is 5.82 Å². The van der Waals surface area contributed by atoms with Gasteiger partial charge in [-0.05, 0) is 49.7 Å². The Morgan fingerprint density at radius 1 is 1.38 bits per heavy atom. The van der Waals surface area contributed by atoms with Gasteiger partial charge in [0.2, 0.25) is 5.91 Å². The highest BCUT2D eigenvalue weighted by Crippen LogP contribution is 2.30. The van der Waals surface area contributed by atoms with Crippen LogP contribution in [0.15, 0.2) is 17.8 Å². The van der Waals surface area contributed by atoms with Crippen molar-refractivity contribution >= 4 is 45.7 Å². The third-order valence-corrected chi connectivity index (χ3v) is 6.27. The van der Waals surface area contributed by atoms with Gasteiger partial charge in [-0.1, -0.05) is 6.92 Å². The molecule has 0 aliphatic carbocycles. The van der Waals surface area contributed by atoms with Crippen molar-refractivity contribution in [3.8, 4) is 0 Å². The summed E-state index contributed by atoms with van der Waals surface area (Å²) in [6, 6.07) is 2.38. The number of aromatic nitrogens is 2. The van der Waals surface area contributed by atoms with Crippen molar-refractivity contribution in [2.75, 3.05) is 31.1 Å². The molecule has 2 aromatic rings. The van der Waals surface area contributed by atoms with Crippen LogP contribution in [0.2, 0.25) is 0 Å². The Morgan fingerprint density at radius 2 is 2.27 bits per heavy atom. The van der Waals surface area contributed by atoms with E-state index >= 15 is 0 Å². The molecule has 1 amide bonds. The lowest BCUT2D eigenvalue weighted by Gasteiger charge is -2.35. The van der Waals surface area contributed by atoms with Crippen LogP contribution in [-0.4, -0.2) is 48.1 Å². The fourth-order valence-corrected chi connectivity index (χ4v) is 4.67. The Morgan fingerprint density at radius 3 is 3.12 bits per heavy atom. The molecule has 2 saturated heterocycles. The lowest BCUT2D eigenvalue weighted by molar-refractivity contribution is -0.126. The Kier molecular flexibility index (Phi) is 6.32. The number of fused-ring (bicyclic) bond motifs is 1. The van der Waals surface area contributed by atoms with Crippen molar-refractivity contribution < 1.29 is 4.79 Å². The number of rotatable bonds is 3. The SMILES string of the molecule is CC1CNCCC1NC(=O)C1CCCN(c2ncnc3sccc23)C1.Cl. The van der Waals surface area contributed by atoms with Crippen molar-refractivity contribution in [2.45, 2.75) is 32.2 Å². The van der Waals surface area contributed by atoms with Crippen LogP contribution in [0.5, 0.6) is 0 Å². The van der Waals surface area contributed by atoms with Crippen molar-refractivity contribution in [3.05, 3.63) is 17.8 Å². The van der Waals surface area contributed by atoms with E-state index in [1.54, 1.807) is 17.7 Å². The van der Waals surface area contributed by atoms with Gasteiger partial charge < -0.3 is 15.5 Å². The monoisotopic (exact) mass is 395 g/mol. The maximum atomic E-state index is 12.8. The molecule has 0 spiro atoms. The maximum Gasteiger partial charge on any atom is 0.225 e. The molecule has 4 rings (SSSR count). The summed E-state index contributed by atoms with van der Waals surface area (Å²) in [5, 5.41) is 9.84. The van der Waals surface area contributed by atoms with Crippen molar-refractivity contribution in [3.63, 3.8) is 0 Å². The smallest absolute Gasteiger partial charge is 0.225 e. The van der Waals surface area contributed by atoms with Crippen molar-refractivity contribution in [2.24, 2.45) is 11.8 Å². The van der Waals surface area contributed by atoms with Gasteiger partial charge in [0, 0.05) is 19.1 Å². The van der Waals surface area contributed by atoms with Gasteiger partial charge in [0.25, 0.3) is 0 Å². The van der Waals surface area contributed by atoms with Gasteiger partial charge in [0.1, 0.15) is 17.0 Å². The number of carbonyl (C=O) groups is 1. The largest absolute Gasteiger partial charge is 0.355 e. The lowest BCUT2D eigenvalue weighted by atomic mass is 9.92. The molecule has 0 bridgehead atoms. The number of anilines is 1. The summed E-state index contributed by atoms with van der Waals surface area (Å²) >= 11 is 1.63. The first-order chi connectivity index (χ1) is 12.2. The second-order valence-electron chi connectivity index (χ2n) is 7.21. The minimum absolute atomic E-state index is 0. The number of hydrogen-bond donors (Lipinski definition) is 2. The number of amides is 1. The van der Waals surface area contributed by atoms with Gasteiger partial charge in [-0.25, -0.2) is 9.97 Å². The number of nitrogens with zero attached hydrogens (tertiary/aromatic N) is 3. The van der Waals surface area contributed by atoms with Crippen LogP contribution in [0, 0.1) is 11.8 Å². The zero-order valence-electron chi connectivity index (χ0n) is 15.0. The molecule has 6 nitrogen and oxygen atoms in total. The van der Waals surface area contributed by atoms with E-state index < -0.39 is 0 Å². The molecule has 2 aliphatic rings. The molecule has 3 unspecified atom stereocenters. The fraction of sp³-hybridized carbons (Fsp3) is 0.611. The summed E-state index contributed by atoms with van der Waals surface area (Å²) in [5.41, 5.74) is 0. The molecule has 0 radical (unpaired) electrons. The van der Waals surface area contributed by atoms with Crippen molar-refractivity contribution in [1.29, 1.82) is 0 Å². The molecule has 142 valence electrons. The number of carbonyl (C=O) groups excluding carboxylic acids is 1. The van der Waals surface area contributed by atoms with Crippen LogP contribution >= 0.6 is 23.7 Å². The summed E-state index contributed by atoms with van der Waals surface area (Å²) < 4.78 is 0. The van der Waals surface area contributed by atoms with E-state index in [9.17, 15) is 4.79 Å². The third-order valence-electron chi connectivity index (χ3n) is 5.45. The highest BCUT2D eigenvalue weighted by molar-refractivity contribution is 7.16.